The number of aryl methyl sites for hydroxylation is 1. The molecule has 0 radical (unpaired) electrons. The van der Waals surface area contributed by atoms with E-state index in [1.165, 1.54) is 23.6 Å². The number of anilines is 3. The zero-order valence-electron chi connectivity index (χ0n) is 25.1. The van der Waals surface area contributed by atoms with Crippen molar-refractivity contribution in [3.05, 3.63) is 53.5 Å². The van der Waals surface area contributed by atoms with E-state index in [0.717, 1.165) is 88.0 Å². The summed E-state index contributed by atoms with van der Waals surface area (Å²) >= 11 is 0. The predicted octanol–water partition coefficient (Wildman–Crippen LogP) is 3.18. The number of likely N-dealkylation sites (tertiary alicyclic amines) is 1. The highest BCUT2D eigenvalue weighted by Crippen LogP contribution is 2.42. The number of carbonyl (C=O) groups excluding carboxylic acids is 1. The van der Waals surface area contributed by atoms with Crippen LogP contribution in [0.25, 0.3) is 0 Å². The third kappa shape index (κ3) is 5.12. The summed E-state index contributed by atoms with van der Waals surface area (Å²) in [6.45, 7) is 10.5. The molecule has 0 unspecified atom stereocenters. The van der Waals surface area contributed by atoms with Crippen LogP contribution in [0.4, 0.5) is 21.8 Å². The van der Waals surface area contributed by atoms with Crippen molar-refractivity contribution in [3.8, 4) is 6.07 Å². The van der Waals surface area contributed by atoms with Gasteiger partial charge in [-0.25, -0.2) is 9.37 Å². The number of piperazine rings is 1. The molecule has 1 aromatic carbocycles. The smallest absolute Gasteiger partial charge is 0.246 e. The maximum atomic E-state index is 14.3. The van der Waals surface area contributed by atoms with E-state index in [4.69, 9.17) is 9.97 Å². The van der Waals surface area contributed by atoms with Gasteiger partial charge in [-0.05, 0) is 69.5 Å². The first-order chi connectivity index (χ1) is 20.9. The predicted molar refractivity (Wildman–Crippen MR) is 165 cm³/mol. The average molecular weight is 585 g/mol. The van der Waals surface area contributed by atoms with E-state index in [1.807, 2.05) is 6.07 Å². The summed E-state index contributed by atoms with van der Waals surface area (Å²) in [7, 11) is 2.20. The largest absolute Gasteiger partial charge is 0.368 e. The summed E-state index contributed by atoms with van der Waals surface area (Å²) in [4.78, 5) is 34.3. The highest BCUT2D eigenvalue weighted by atomic mass is 19.1. The first kappa shape index (κ1) is 28.1. The van der Waals surface area contributed by atoms with Crippen LogP contribution in [-0.2, 0) is 24.1 Å². The standard InChI is InChI=1S/C33H41FN8O/c1-3-30(43)42-16-15-39(19-26(42)10-12-35)31-27-9-8-25(41-13-4-5-23-6-7-24(34)17-29(23)41)18-28(27)36-32(37-31)40-21-33(22-40)11-14-38(2)20-33/h3,6-7,17,25-26H,1,4-5,8-11,13-16,18-22H2,2H3/t25-,26+/m1/s1. The third-order valence-corrected chi connectivity index (χ3v) is 10.4. The molecule has 43 heavy (non-hydrogen) atoms. The van der Waals surface area contributed by atoms with Crippen molar-refractivity contribution in [2.45, 2.75) is 57.0 Å². The number of aromatic nitrogens is 2. The second-order valence-corrected chi connectivity index (χ2v) is 13.3. The fourth-order valence-corrected chi connectivity index (χ4v) is 8.25. The number of hydrogen-bond donors (Lipinski definition) is 0. The van der Waals surface area contributed by atoms with Crippen molar-refractivity contribution < 1.29 is 9.18 Å². The summed E-state index contributed by atoms with van der Waals surface area (Å²) in [6.07, 6.45) is 7.48. The van der Waals surface area contributed by atoms with E-state index in [1.54, 1.807) is 17.0 Å². The number of amides is 1. The third-order valence-electron chi connectivity index (χ3n) is 10.4. The Balaban J connectivity index is 1.21. The molecule has 2 aromatic rings. The molecule has 4 aliphatic heterocycles. The van der Waals surface area contributed by atoms with Gasteiger partial charge in [-0.1, -0.05) is 12.6 Å². The second-order valence-electron chi connectivity index (χ2n) is 13.3. The second kappa shape index (κ2) is 11.1. The minimum absolute atomic E-state index is 0.126. The van der Waals surface area contributed by atoms with Crippen LogP contribution in [0.2, 0.25) is 0 Å². The van der Waals surface area contributed by atoms with Crippen LogP contribution in [0.3, 0.4) is 0 Å². The highest BCUT2D eigenvalue weighted by molar-refractivity contribution is 5.87. The Morgan fingerprint density at radius 2 is 2.02 bits per heavy atom. The van der Waals surface area contributed by atoms with Gasteiger partial charge in [-0.3, -0.25) is 4.79 Å². The molecule has 0 N–H and O–H groups in total. The number of halogens is 1. The van der Waals surface area contributed by atoms with Crippen molar-refractivity contribution in [2.24, 2.45) is 5.41 Å². The lowest BCUT2D eigenvalue weighted by Gasteiger charge is -2.49. The molecule has 1 aliphatic carbocycles. The van der Waals surface area contributed by atoms with Gasteiger partial charge in [-0.2, -0.15) is 10.2 Å². The van der Waals surface area contributed by atoms with E-state index in [0.29, 0.717) is 25.0 Å². The first-order valence-electron chi connectivity index (χ1n) is 15.8. The van der Waals surface area contributed by atoms with E-state index in [-0.39, 0.29) is 30.2 Å². The zero-order valence-corrected chi connectivity index (χ0v) is 25.1. The minimum atomic E-state index is -0.212. The Kier molecular flexibility index (Phi) is 7.24. The summed E-state index contributed by atoms with van der Waals surface area (Å²) in [5.74, 6) is 1.45. The van der Waals surface area contributed by atoms with E-state index in [9.17, 15) is 14.4 Å². The topological polar surface area (TPSA) is 82.8 Å². The molecule has 226 valence electrons. The number of nitriles is 1. The number of fused-ring (bicyclic) bond motifs is 2. The Morgan fingerprint density at radius 1 is 1.16 bits per heavy atom. The molecule has 2 atom stereocenters. The quantitative estimate of drug-likeness (QED) is 0.496. The maximum Gasteiger partial charge on any atom is 0.246 e. The van der Waals surface area contributed by atoms with Gasteiger partial charge in [0.05, 0.1) is 24.2 Å². The van der Waals surface area contributed by atoms with Crippen LogP contribution in [0.1, 0.15) is 42.5 Å². The lowest BCUT2D eigenvalue weighted by molar-refractivity contribution is -0.128. The molecule has 5 aliphatic rings. The van der Waals surface area contributed by atoms with Gasteiger partial charge in [0.1, 0.15) is 11.6 Å². The molecule has 9 nitrogen and oxygen atoms in total. The molecule has 3 fully saturated rings. The van der Waals surface area contributed by atoms with E-state index >= 15 is 0 Å². The fraction of sp³-hybridized carbons (Fsp3) is 0.576. The molecule has 3 saturated heterocycles. The Bertz CT molecular complexity index is 1470. The molecule has 1 aromatic heterocycles. The van der Waals surface area contributed by atoms with E-state index < -0.39 is 0 Å². The van der Waals surface area contributed by atoms with Crippen molar-refractivity contribution in [3.63, 3.8) is 0 Å². The van der Waals surface area contributed by atoms with E-state index in [2.05, 4.69) is 39.3 Å². The number of carbonyl (C=O) groups is 1. The van der Waals surface area contributed by atoms with Gasteiger partial charge >= 0.3 is 0 Å². The van der Waals surface area contributed by atoms with Gasteiger partial charge in [0.15, 0.2) is 0 Å². The van der Waals surface area contributed by atoms with Crippen molar-refractivity contribution >= 4 is 23.4 Å². The zero-order chi connectivity index (χ0) is 29.7. The Morgan fingerprint density at radius 3 is 2.79 bits per heavy atom. The molecule has 1 spiro atoms. The van der Waals surface area contributed by atoms with Crippen LogP contribution in [-0.4, -0.2) is 97.2 Å². The normalized spacial score (nSPS) is 24.8. The molecule has 10 heteroatoms. The summed E-state index contributed by atoms with van der Waals surface area (Å²) in [6, 6.07) is 7.55. The molecule has 7 rings (SSSR count). The number of benzene rings is 1. The van der Waals surface area contributed by atoms with Crippen molar-refractivity contribution in [1.82, 2.24) is 19.8 Å². The molecule has 5 heterocycles. The molecular weight excluding hydrogens is 543 g/mol. The van der Waals surface area contributed by atoms with Gasteiger partial charge in [-0.15, -0.1) is 0 Å². The summed E-state index contributed by atoms with van der Waals surface area (Å²) < 4.78 is 14.3. The van der Waals surface area contributed by atoms with Crippen molar-refractivity contribution in [1.29, 1.82) is 5.26 Å². The van der Waals surface area contributed by atoms with Gasteiger partial charge in [0.25, 0.3) is 0 Å². The monoisotopic (exact) mass is 584 g/mol. The van der Waals surface area contributed by atoms with Gasteiger partial charge in [0, 0.05) is 74.9 Å². The Hall–Kier alpha value is -3.71. The average Bonchev–Trinajstić information content (AvgIpc) is 3.41. The minimum Gasteiger partial charge on any atom is -0.368 e. The summed E-state index contributed by atoms with van der Waals surface area (Å²) in [5, 5.41) is 9.56. The first-order valence-corrected chi connectivity index (χ1v) is 15.8. The number of nitrogens with zero attached hydrogens (tertiary/aromatic N) is 8. The lowest BCUT2D eigenvalue weighted by atomic mass is 9.79. The lowest BCUT2D eigenvalue weighted by Crippen LogP contribution is -2.58. The van der Waals surface area contributed by atoms with Crippen LogP contribution in [0.5, 0.6) is 0 Å². The van der Waals surface area contributed by atoms with Crippen LogP contribution < -0.4 is 14.7 Å². The van der Waals surface area contributed by atoms with Crippen LogP contribution >= 0.6 is 0 Å². The van der Waals surface area contributed by atoms with Gasteiger partial charge in [0.2, 0.25) is 11.9 Å². The van der Waals surface area contributed by atoms with Gasteiger partial charge < -0.3 is 24.5 Å². The van der Waals surface area contributed by atoms with Crippen LogP contribution in [0, 0.1) is 22.6 Å². The summed E-state index contributed by atoms with van der Waals surface area (Å²) in [5.41, 5.74) is 4.86. The fourth-order valence-electron chi connectivity index (χ4n) is 8.25. The Labute approximate surface area is 253 Å². The highest BCUT2D eigenvalue weighted by Gasteiger charge is 2.48. The number of hydrogen-bond acceptors (Lipinski definition) is 8. The number of rotatable bonds is 5. The molecular formula is C33H41FN8O. The molecule has 1 amide bonds. The van der Waals surface area contributed by atoms with Crippen LogP contribution in [0.15, 0.2) is 30.9 Å². The SMILES string of the molecule is C=CC(=O)N1CCN(c2nc(N3CC4(CCN(C)C4)C3)nc3c2CC[C@@H](N2CCCc4ccc(F)cc42)C3)C[C@@H]1CC#N. The van der Waals surface area contributed by atoms with Crippen molar-refractivity contribution in [2.75, 3.05) is 74.1 Å². The molecule has 0 bridgehead atoms. The maximum absolute atomic E-state index is 14.3. The molecule has 0 saturated carbocycles.